The van der Waals surface area contributed by atoms with Crippen LogP contribution >= 0.6 is 0 Å². The highest BCUT2D eigenvalue weighted by atomic mass is 16.7. The molecule has 0 fully saturated rings. The summed E-state index contributed by atoms with van der Waals surface area (Å²) in [5.74, 6) is 1.23. The van der Waals surface area contributed by atoms with Crippen molar-refractivity contribution in [3.8, 4) is 11.5 Å². The van der Waals surface area contributed by atoms with Crippen molar-refractivity contribution in [2.24, 2.45) is 5.73 Å². The number of benzene rings is 1. The van der Waals surface area contributed by atoms with Gasteiger partial charge in [0.25, 0.3) is 0 Å². The first kappa shape index (κ1) is 13.4. The van der Waals surface area contributed by atoms with Crippen LogP contribution in [0.15, 0.2) is 54.9 Å². The summed E-state index contributed by atoms with van der Waals surface area (Å²) in [6.45, 7) is 0.739. The highest BCUT2D eigenvalue weighted by molar-refractivity contribution is 6.38. The van der Waals surface area contributed by atoms with Crippen LogP contribution in [0.5, 0.6) is 11.5 Å². The molecule has 2 N–H and O–H groups in total. The summed E-state index contributed by atoms with van der Waals surface area (Å²) in [6, 6.07) is 12.9. The third-order valence-electron chi connectivity index (χ3n) is 2.21. The molecular weight excluding hydrogens is 243 g/mol. The fourth-order valence-corrected chi connectivity index (χ4v) is 1.39. The molecule has 0 bridgehead atoms. The molecule has 0 aliphatic heterocycles. The molecule has 0 spiro atoms. The maximum Gasteiger partial charge on any atom is 0.788 e. The molecule has 98 valence electrons. The quantitative estimate of drug-likeness (QED) is 0.762. The SMILES string of the molecule is NCCOB(Oc1ccccc1)Oc1cccnc1. The molecule has 0 amide bonds. The molecule has 1 aromatic carbocycles. The summed E-state index contributed by atoms with van der Waals surface area (Å²) in [5, 5.41) is 0. The minimum atomic E-state index is -0.852. The summed E-state index contributed by atoms with van der Waals surface area (Å²) < 4.78 is 16.6. The number of nitrogens with two attached hydrogens (primary N) is 1. The van der Waals surface area contributed by atoms with Gasteiger partial charge in [-0.05, 0) is 24.3 Å². The largest absolute Gasteiger partial charge is 0.788 e. The molecule has 0 saturated heterocycles. The standard InChI is InChI=1S/C13H15BN2O3/c15-8-10-17-14(18-12-5-2-1-3-6-12)19-13-7-4-9-16-11-13/h1-7,9,11H,8,10,15H2. The second-order valence-electron chi connectivity index (χ2n) is 3.69. The lowest BCUT2D eigenvalue weighted by Gasteiger charge is -2.15. The lowest BCUT2D eigenvalue weighted by molar-refractivity contribution is 0.206. The van der Waals surface area contributed by atoms with Gasteiger partial charge in [0, 0.05) is 19.3 Å². The Balaban J connectivity index is 1.99. The Morgan fingerprint density at radius 2 is 1.74 bits per heavy atom. The normalized spacial score (nSPS) is 9.95. The smallest absolute Gasteiger partial charge is 0.501 e. The highest BCUT2D eigenvalue weighted by Gasteiger charge is 2.26. The van der Waals surface area contributed by atoms with Crippen molar-refractivity contribution in [1.29, 1.82) is 0 Å². The minimum Gasteiger partial charge on any atom is -0.501 e. The maximum atomic E-state index is 5.59. The molecule has 19 heavy (non-hydrogen) atoms. The molecule has 1 aromatic heterocycles. The topological polar surface area (TPSA) is 66.6 Å². The van der Waals surface area contributed by atoms with Crippen LogP contribution in [-0.4, -0.2) is 25.5 Å². The van der Waals surface area contributed by atoms with Crippen molar-refractivity contribution >= 4 is 7.32 Å². The van der Waals surface area contributed by atoms with Gasteiger partial charge in [-0.2, -0.15) is 0 Å². The second kappa shape index (κ2) is 7.40. The van der Waals surface area contributed by atoms with Gasteiger partial charge in [-0.25, -0.2) is 0 Å². The molecule has 0 radical (unpaired) electrons. The average Bonchev–Trinajstić information content (AvgIpc) is 2.47. The van der Waals surface area contributed by atoms with Crippen LogP contribution in [0.25, 0.3) is 0 Å². The first-order valence-electron chi connectivity index (χ1n) is 5.98. The molecule has 2 aromatic rings. The van der Waals surface area contributed by atoms with E-state index in [0.29, 0.717) is 24.7 Å². The van der Waals surface area contributed by atoms with Gasteiger partial charge in [-0.3, -0.25) is 4.98 Å². The molecule has 2 rings (SSSR count). The van der Waals surface area contributed by atoms with E-state index in [2.05, 4.69) is 4.98 Å². The lowest BCUT2D eigenvalue weighted by atomic mass is 10.2. The first-order chi connectivity index (χ1) is 9.38. The summed E-state index contributed by atoms with van der Waals surface area (Å²) >= 11 is 0. The van der Waals surface area contributed by atoms with Crippen molar-refractivity contribution in [2.45, 2.75) is 0 Å². The number of aromatic nitrogens is 1. The van der Waals surface area contributed by atoms with Crippen molar-refractivity contribution in [1.82, 2.24) is 4.98 Å². The molecule has 0 aliphatic carbocycles. The molecule has 5 nitrogen and oxygen atoms in total. The fourth-order valence-electron chi connectivity index (χ4n) is 1.39. The van der Waals surface area contributed by atoms with Crippen LogP contribution in [0.4, 0.5) is 0 Å². The number of nitrogens with zero attached hydrogens (tertiary/aromatic N) is 1. The highest BCUT2D eigenvalue weighted by Crippen LogP contribution is 2.13. The molecule has 0 unspecified atom stereocenters. The van der Waals surface area contributed by atoms with Gasteiger partial charge in [-0.15, -0.1) is 0 Å². The molecule has 0 atom stereocenters. The zero-order valence-corrected chi connectivity index (χ0v) is 10.4. The molecule has 1 heterocycles. The Bertz CT molecular complexity index is 428. The van der Waals surface area contributed by atoms with Crippen molar-refractivity contribution in [2.75, 3.05) is 13.2 Å². The van der Waals surface area contributed by atoms with Gasteiger partial charge in [0.15, 0.2) is 0 Å². The van der Waals surface area contributed by atoms with E-state index in [1.165, 1.54) is 0 Å². The molecule has 6 heteroatoms. The van der Waals surface area contributed by atoms with Crippen LogP contribution < -0.4 is 15.0 Å². The minimum absolute atomic E-state index is 0.345. The van der Waals surface area contributed by atoms with Gasteiger partial charge in [0.1, 0.15) is 11.5 Å². The Kier molecular flexibility index (Phi) is 5.22. The van der Waals surface area contributed by atoms with Crippen molar-refractivity contribution in [3.63, 3.8) is 0 Å². The molecular formula is C13H15BN2O3. The average molecular weight is 258 g/mol. The van der Waals surface area contributed by atoms with E-state index in [4.69, 9.17) is 19.7 Å². The van der Waals surface area contributed by atoms with E-state index in [-0.39, 0.29) is 0 Å². The van der Waals surface area contributed by atoms with E-state index >= 15 is 0 Å². The Morgan fingerprint density at radius 3 is 2.42 bits per heavy atom. The van der Waals surface area contributed by atoms with Crippen molar-refractivity contribution in [3.05, 3.63) is 54.9 Å². The number of rotatable bonds is 7. The van der Waals surface area contributed by atoms with Gasteiger partial charge in [-0.1, -0.05) is 18.2 Å². The monoisotopic (exact) mass is 258 g/mol. The summed E-state index contributed by atoms with van der Waals surface area (Å²) in [5.41, 5.74) is 5.42. The predicted octanol–water partition coefficient (Wildman–Crippen LogP) is 1.50. The van der Waals surface area contributed by atoms with Crippen LogP contribution in [0.3, 0.4) is 0 Å². The Hall–Kier alpha value is -2.05. The van der Waals surface area contributed by atoms with E-state index in [1.807, 2.05) is 30.3 Å². The maximum absolute atomic E-state index is 5.59. The number of para-hydroxylation sites is 1. The van der Waals surface area contributed by atoms with Gasteiger partial charge in [0.2, 0.25) is 0 Å². The number of hydrogen-bond acceptors (Lipinski definition) is 5. The van der Waals surface area contributed by atoms with Crippen LogP contribution in [0, 0.1) is 0 Å². The first-order valence-corrected chi connectivity index (χ1v) is 5.98. The van der Waals surface area contributed by atoms with Gasteiger partial charge < -0.3 is 19.7 Å². The molecule has 0 saturated carbocycles. The third kappa shape index (κ3) is 4.61. The Morgan fingerprint density at radius 1 is 1.00 bits per heavy atom. The van der Waals surface area contributed by atoms with E-state index in [0.717, 1.165) is 0 Å². The van der Waals surface area contributed by atoms with Crippen LogP contribution in [0.1, 0.15) is 0 Å². The van der Waals surface area contributed by atoms with Gasteiger partial charge in [0.05, 0.1) is 6.20 Å². The summed E-state index contributed by atoms with van der Waals surface area (Å²) in [6.07, 6.45) is 3.26. The van der Waals surface area contributed by atoms with Crippen LogP contribution in [-0.2, 0) is 4.65 Å². The predicted molar refractivity (Wildman–Crippen MR) is 72.7 cm³/mol. The van der Waals surface area contributed by atoms with E-state index in [1.54, 1.807) is 24.5 Å². The van der Waals surface area contributed by atoms with Gasteiger partial charge >= 0.3 is 7.32 Å². The number of pyridine rings is 1. The molecule has 0 aliphatic rings. The zero-order valence-electron chi connectivity index (χ0n) is 10.4. The van der Waals surface area contributed by atoms with Crippen molar-refractivity contribution < 1.29 is 14.0 Å². The summed E-state index contributed by atoms with van der Waals surface area (Å²) in [4.78, 5) is 3.96. The third-order valence-corrected chi connectivity index (χ3v) is 2.21. The van der Waals surface area contributed by atoms with Crippen LogP contribution in [0.2, 0.25) is 0 Å². The van der Waals surface area contributed by atoms with E-state index in [9.17, 15) is 0 Å². The second-order valence-corrected chi connectivity index (χ2v) is 3.69. The lowest BCUT2D eigenvalue weighted by Crippen LogP contribution is -2.35. The zero-order chi connectivity index (χ0) is 13.3. The summed E-state index contributed by atoms with van der Waals surface area (Å²) in [7, 11) is -0.852. The number of hydrogen-bond donors (Lipinski definition) is 1. The van der Waals surface area contributed by atoms with E-state index < -0.39 is 7.32 Å². The Labute approximate surface area is 112 Å². The fraction of sp³-hybridized carbons (Fsp3) is 0.154.